The molecule has 1 atom stereocenters. The highest BCUT2D eigenvalue weighted by Crippen LogP contribution is 2.38. The Morgan fingerprint density at radius 2 is 1.69 bits per heavy atom. The van der Waals surface area contributed by atoms with Crippen LogP contribution in [-0.2, 0) is 4.79 Å². The molecule has 0 saturated heterocycles. The van der Waals surface area contributed by atoms with Gasteiger partial charge in [0.25, 0.3) is 5.91 Å². The highest BCUT2D eigenvalue weighted by molar-refractivity contribution is 7.99. The maximum atomic E-state index is 12.4. The summed E-state index contributed by atoms with van der Waals surface area (Å²) >= 11 is 1.73. The highest BCUT2D eigenvalue weighted by atomic mass is 32.2. The molecule has 1 unspecified atom stereocenters. The molecular formula is C26H26N2O3S. The van der Waals surface area contributed by atoms with Crippen molar-refractivity contribution in [2.24, 2.45) is 0 Å². The summed E-state index contributed by atoms with van der Waals surface area (Å²) in [6, 6.07) is 25.7. The molecule has 6 heteroatoms. The zero-order valence-corrected chi connectivity index (χ0v) is 18.9. The molecule has 1 amide bonds. The molecular weight excluding hydrogens is 420 g/mol. The van der Waals surface area contributed by atoms with Crippen LogP contribution in [0.25, 0.3) is 22.2 Å². The van der Waals surface area contributed by atoms with Gasteiger partial charge in [0.05, 0.1) is 12.8 Å². The van der Waals surface area contributed by atoms with Crippen LogP contribution in [0.1, 0.15) is 6.92 Å². The zero-order valence-electron chi connectivity index (χ0n) is 18.1. The van der Waals surface area contributed by atoms with Gasteiger partial charge in [-0.3, -0.25) is 4.79 Å². The molecule has 4 aromatic rings. The Kier molecular flexibility index (Phi) is 7.02. The van der Waals surface area contributed by atoms with E-state index in [1.54, 1.807) is 25.8 Å². The van der Waals surface area contributed by atoms with Gasteiger partial charge in [-0.15, -0.1) is 11.8 Å². The number of para-hydroxylation sites is 2. The second-order valence-electron chi connectivity index (χ2n) is 7.32. The van der Waals surface area contributed by atoms with Crippen LogP contribution in [0, 0.1) is 0 Å². The lowest BCUT2D eigenvalue weighted by atomic mass is 10.1. The number of hydrogen-bond acceptors (Lipinski definition) is 4. The number of thioether (sulfide) groups is 1. The molecule has 32 heavy (non-hydrogen) atoms. The number of amides is 1. The van der Waals surface area contributed by atoms with Gasteiger partial charge >= 0.3 is 0 Å². The van der Waals surface area contributed by atoms with E-state index in [4.69, 9.17) is 9.47 Å². The third kappa shape index (κ3) is 5.08. The van der Waals surface area contributed by atoms with Gasteiger partial charge in [0.1, 0.15) is 11.5 Å². The fourth-order valence-electron chi connectivity index (χ4n) is 3.45. The van der Waals surface area contributed by atoms with Gasteiger partial charge < -0.3 is 19.8 Å². The molecule has 1 aromatic heterocycles. The number of fused-ring (bicyclic) bond motifs is 1. The summed E-state index contributed by atoms with van der Waals surface area (Å²) in [4.78, 5) is 17.1. The third-order valence-electron chi connectivity index (χ3n) is 5.11. The number of rotatable bonds is 9. The zero-order chi connectivity index (χ0) is 22.3. The van der Waals surface area contributed by atoms with E-state index >= 15 is 0 Å². The minimum atomic E-state index is -0.551. The van der Waals surface area contributed by atoms with Crippen LogP contribution >= 0.6 is 11.8 Å². The number of benzene rings is 3. The van der Waals surface area contributed by atoms with Gasteiger partial charge in [-0.1, -0.05) is 36.4 Å². The second-order valence-corrected chi connectivity index (χ2v) is 8.42. The Morgan fingerprint density at radius 3 is 2.44 bits per heavy atom. The number of ether oxygens (including phenoxy) is 2. The number of aromatic amines is 1. The van der Waals surface area contributed by atoms with Crippen LogP contribution in [0.5, 0.6) is 11.5 Å². The van der Waals surface area contributed by atoms with Crippen molar-refractivity contribution in [1.29, 1.82) is 0 Å². The van der Waals surface area contributed by atoms with Crippen LogP contribution in [-0.4, -0.2) is 36.4 Å². The summed E-state index contributed by atoms with van der Waals surface area (Å²) < 4.78 is 11.0. The van der Waals surface area contributed by atoms with Gasteiger partial charge in [-0.25, -0.2) is 0 Å². The minimum Gasteiger partial charge on any atom is -0.497 e. The number of H-pyrrole nitrogens is 1. The molecule has 1 heterocycles. The molecule has 0 aliphatic heterocycles. The number of hydrogen-bond donors (Lipinski definition) is 2. The monoisotopic (exact) mass is 446 g/mol. The Hall–Kier alpha value is -3.38. The molecule has 0 radical (unpaired) electrons. The van der Waals surface area contributed by atoms with Gasteiger partial charge in [0, 0.05) is 28.1 Å². The number of nitrogens with one attached hydrogen (secondary N) is 2. The van der Waals surface area contributed by atoms with Crippen molar-refractivity contribution < 1.29 is 14.3 Å². The van der Waals surface area contributed by atoms with E-state index in [0.717, 1.165) is 28.3 Å². The van der Waals surface area contributed by atoms with E-state index in [1.807, 2.05) is 54.6 Å². The van der Waals surface area contributed by atoms with Crippen molar-refractivity contribution in [2.75, 3.05) is 19.4 Å². The average molecular weight is 447 g/mol. The molecule has 0 aliphatic carbocycles. The molecule has 0 bridgehead atoms. The molecule has 0 spiro atoms. The first-order chi connectivity index (χ1) is 15.7. The minimum absolute atomic E-state index is 0.122. The first-order valence-corrected chi connectivity index (χ1v) is 11.5. The molecule has 4 rings (SSSR count). The summed E-state index contributed by atoms with van der Waals surface area (Å²) in [6.45, 7) is 2.31. The fraction of sp³-hybridized carbons (Fsp3) is 0.192. The topological polar surface area (TPSA) is 63.3 Å². The van der Waals surface area contributed by atoms with E-state index in [-0.39, 0.29) is 5.91 Å². The maximum absolute atomic E-state index is 12.4. The maximum Gasteiger partial charge on any atom is 0.260 e. The standard InChI is InChI=1S/C26H26N2O3S/c1-18(31-21-8-4-3-5-9-21)26(29)27-16-17-32-25-22-10-6-7-11-23(22)28-24(25)19-12-14-20(30-2)15-13-19/h3-15,18,28H,16-17H2,1-2H3,(H,27,29). The first kappa shape index (κ1) is 21.8. The SMILES string of the molecule is COc1ccc(-c2[nH]c3ccccc3c2SCCNC(=O)C(C)Oc2ccccc2)cc1. The molecule has 164 valence electrons. The van der Waals surface area contributed by atoms with Crippen LogP contribution in [0.15, 0.2) is 83.8 Å². The molecule has 0 saturated carbocycles. The van der Waals surface area contributed by atoms with E-state index in [9.17, 15) is 4.79 Å². The fourth-order valence-corrected chi connectivity index (χ4v) is 4.51. The predicted octanol–water partition coefficient (Wildman–Crippen LogP) is 5.52. The third-order valence-corrected chi connectivity index (χ3v) is 6.23. The average Bonchev–Trinajstić information content (AvgIpc) is 3.21. The lowest BCUT2D eigenvalue weighted by molar-refractivity contribution is -0.127. The molecule has 3 aromatic carbocycles. The lowest BCUT2D eigenvalue weighted by Crippen LogP contribution is -2.37. The van der Waals surface area contributed by atoms with E-state index in [2.05, 4.69) is 34.6 Å². The quantitative estimate of drug-likeness (QED) is 0.263. The van der Waals surface area contributed by atoms with E-state index < -0.39 is 6.10 Å². The summed E-state index contributed by atoms with van der Waals surface area (Å²) in [5.74, 6) is 2.14. The first-order valence-electron chi connectivity index (χ1n) is 10.5. The molecule has 2 N–H and O–H groups in total. The van der Waals surface area contributed by atoms with Crippen molar-refractivity contribution >= 4 is 28.6 Å². The Morgan fingerprint density at radius 1 is 0.969 bits per heavy atom. The summed E-state index contributed by atoms with van der Waals surface area (Å²) in [6.07, 6.45) is -0.551. The van der Waals surface area contributed by atoms with E-state index in [1.165, 1.54) is 10.3 Å². The van der Waals surface area contributed by atoms with Crippen LogP contribution < -0.4 is 14.8 Å². The van der Waals surface area contributed by atoms with Crippen LogP contribution in [0.2, 0.25) is 0 Å². The van der Waals surface area contributed by atoms with Crippen molar-refractivity contribution in [2.45, 2.75) is 17.9 Å². The number of aromatic nitrogens is 1. The van der Waals surface area contributed by atoms with Gasteiger partial charge in [-0.2, -0.15) is 0 Å². The largest absolute Gasteiger partial charge is 0.497 e. The molecule has 5 nitrogen and oxygen atoms in total. The predicted molar refractivity (Wildman–Crippen MR) is 131 cm³/mol. The van der Waals surface area contributed by atoms with Gasteiger partial charge in [-0.05, 0) is 55.0 Å². The van der Waals surface area contributed by atoms with Crippen LogP contribution in [0.3, 0.4) is 0 Å². The summed E-state index contributed by atoms with van der Waals surface area (Å²) in [5, 5.41) is 4.15. The summed E-state index contributed by atoms with van der Waals surface area (Å²) in [5.41, 5.74) is 3.26. The number of methoxy groups -OCH3 is 1. The van der Waals surface area contributed by atoms with Crippen LogP contribution in [0.4, 0.5) is 0 Å². The van der Waals surface area contributed by atoms with Crippen molar-refractivity contribution in [3.05, 3.63) is 78.9 Å². The van der Waals surface area contributed by atoms with Gasteiger partial charge in [0.2, 0.25) is 0 Å². The van der Waals surface area contributed by atoms with Gasteiger partial charge in [0.15, 0.2) is 6.10 Å². The Balaban J connectivity index is 1.41. The summed E-state index contributed by atoms with van der Waals surface area (Å²) in [7, 11) is 1.67. The molecule has 0 fully saturated rings. The van der Waals surface area contributed by atoms with Crippen molar-refractivity contribution in [3.8, 4) is 22.8 Å². The normalized spacial score (nSPS) is 11.8. The smallest absolute Gasteiger partial charge is 0.260 e. The highest BCUT2D eigenvalue weighted by Gasteiger charge is 2.16. The number of carbonyl (C=O) groups is 1. The second kappa shape index (κ2) is 10.3. The Bertz CT molecular complexity index is 1170. The Labute approximate surface area is 192 Å². The van der Waals surface area contributed by atoms with Crippen molar-refractivity contribution in [3.63, 3.8) is 0 Å². The lowest BCUT2D eigenvalue weighted by Gasteiger charge is -2.14. The number of carbonyl (C=O) groups excluding carboxylic acids is 1. The van der Waals surface area contributed by atoms with Crippen molar-refractivity contribution in [1.82, 2.24) is 10.3 Å². The molecule has 0 aliphatic rings. The van der Waals surface area contributed by atoms with E-state index in [0.29, 0.717) is 12.3 Å².